The summed E-state index contributed by atoms with van der Waals surface area (Å²) in [6.07, 6.45) is 0. The van der Waals surface area contributed by atoms with Crippen molar-refractivity contribution in [3.8, 4) is 0 Å². The number of nitrogens with zero attached hydrogens (tertiary/aromatic N) is 1. The van der Waals surface area contributed by atoms with Crippen molar-refractivity contribution in [1.82, 2.24) is 0 Å². The summed E-state index contributed by atoms with van der Waals surface area (Å²) >= 11 is 0. The van der Waals surface area contributed by atoms with E-state index < -0.39 is 23.4 Å². The Hall–Kier alpha value is -3.22. The highest BCUT2D eigenvalue weighted by molar-refractivity contribution is 5.96. The Morgan fingerprint density at radius 2 is 1.76 bits per heavy atom. The van der Waals surface area contributed by atoms with Gasteiger partial charge in [-0.1, -0.05) is 23.8 Å². The molecule has 2 rings (SSSR count). The summed E-state index contributed by atoms with van der Waals surface area (Å²) in [5.41, 5.74) is 2.91. The van der Waals surface area contributed by atoms with Crippen LogP contribution in [-0.2, 0) is 9.53 Å². The van der Waals surface area contributed by atoms with Gasteiger partial charge in [-0.25, -0.2) is 4.79 Å². The summed E-state index contributed by atoms with van der Waals surface area (Å²) in [5.74, 6) is -1.16. The molecule has 0 aliphatic heterocycles. The minimum absolute atomic E-state index is 0.131. The molecule has 2 aromatic rings. The van der Waals surface area contributed by atoms with Gasteiger partial charge in [-0.15, -0.1) is 0 Å². The molecule has 0 saturated carbocycles. The molecular weight excluding hydrogens is 324 g/mol. The number of ether oxygens (including phenoxy) is 1. The van der Waals surface area contributed by atoms with Crippen LogP contribution in [0.5, 0.6) is 0 Å². The van der Waals surface area contributed by atoms with Gasteiger partial charge in [-0.05, 0) is 38.0 Å². The number of benzene rings is 2. The third kappa shape index (κ3) is 4.63. The van der Waals surface area contributed by atoms with E-state index in [4.69, 9.17) is 4.74 Å². The zero-order valence-electron chi connectivity index (χ0n) is 14.2. The van der Waals surface area contributed by atoms with Gasteiger partial charge < -0.3 is 10.1 Å². The summed E-state index contributed by atoms with van der Waals surface area (Å²) in [6, 6.07) is 9.53. The Morgan fingerprint density at radius 1 is 1.08 bits per heavy atom. The van der Waals surface area contributed by atoms with Crippen LogP contribution in [0.15, 0.2) is 36.4 Å². The van der Waals surface area contributed by atoms with Crippen LogP contribution in [0.25, 0.3) is 0 Å². The second-order valence-electron chi connectivity index (χ2n) is 5.70. The maximum atomic E-state index is 12.1. The van der Waals surface area contributed by atoms with Crippen LogP contribution in [0.2, 0.25) is 0 Å². The lowest BCUT2D eigenvalue weighted by molar-refractivity contribution is -0.384. The largest absolute Gasteiger partial charge is 0.452 e. The lowest BCUT2D eigenvalue weighted by Crippen LogP contribution is -2.21. The first-order valence-corrected chi connectivity index (χ1v) is 7.57. The summed E-state index contributed by atoms with van der Waals surface area (Å²) in [7, 11) is 0. The monoisotopic (exact) mass is 342 g/mol. The minimum Gasteiger partial charge on any atom is -0.452 e. The van der Waals surface area contributed by atoms with Gasteiger partial charge in [-0.3, -0.25) is 14.9 Å². The van der Waals surface area contributed by atoms with E-state index in [1.807, 2.05) is 13.0 Å². The van der Waals surface area contributed by atoms with Gasteiger partial charge >= 0.3 is 5.97 Å². The van der Waals surface area contributed by atoms with Crippen LogP contribution in [0.4, 0.5) is 11.4 Å². The smallest absolute Gasteiger partial charge is 0.338 e. The van der Waals surface area contributed by atoms with E-state index in [9.17, 15) is 19.7 Å². The summed E-state index contributed by atoms with van der Waals surface area (Å²) in [6.45, 7) is 4.87. The van der Waals surface area contributed by atoms with Crippen molar-refractivity contribution in [3.63, 3.8) is 0 Å². The first kappa shape index (κ1) is 18.1. The molecule has 0 aliphatic rings. The number of hydrogen-bond acceptors (Lipinski definition) is 5. The zero-order valence-corrected chi connectivity index (χ0v) is 14.2. The number of hydrogen-bond donors (Lipinski definition) is 1. The third-order valence-electron chi connectivity index (χ3n) is 3.65. The van der Waals surface area contributed by atoms with Crippen molar-refractivity contribution in [3.05, 3.63) is 68.8 Å². The Kier molecular flexibility index (Phi) is 5.49. The highest BCUT2D eigenvalue weighted by atomic mass is 16.6. The Bertz CT molecular complexity index is 845. The van der Waals surface area contributed by atoms with E-state index in [0.717, 1.165) is 11.1 Å². The maximum Gasteiger partial charge on any atom is 0.338 e. The predicted molar refractivity (Wildman–Crippen MR) is 92.7 cm³/mol. The fourth-order valence-electron chi connectivity index (χ4n) is 2.21. The van der Waals surface area contributed by atoms with Crippen LogP contribution >= 0.6 is 0 Å². The van der Waals surface area contributed by atoms with Crippen molar-refractivity contribution in [2.75, 3.05) is 11.9 Å². The molecule has 0 aliphatic carbocycles. The molecule has 0 heterocycles. The zero-order chi connectivity index (χ0) is 18.6. The summed E-state index contributed by atoms with van der Waals surface area (Å²) < 4.78 is 5.03. The number of nitro benzene ring substituents is 1. The second kappa shape index (κ2) is 7.57. The Morgan fingerprint density at radius 3 is 2.44 bits per heavy atom. The molecule has 1 amide bonds. The number of carbonyl (C=O) groups excluding carboxylic acids is 2. The van der Waals surface area contributed by atoms with Gasteiger partial charge in [0.05, 0.1) is 16.2 Å². The number of esters is 1. The van der Waals surface area contributed by atoms with Crippen molar-refractivity contribution in [1.29, 1.82) is 0 Å². The molecule has 0 atom stereocenters. The van der Waals surface area contributed by atoms with E-state index >= 15 is 0 Å². The number of anilines is 1. The molecule has 1 N–H and O–H groups in total. The number of non-ortho nitro benzene ring substituents is 1. The van der Waals surface area contributed by atoms with Gasteiger partial charge in [0.2, 0.25) is 0 Å². The van der Waals surface area contributed by atoms with Crippen LogP contribution in [0.3, 0.4) is 0 Å². The topological polar surface area (TPSA) is 98.5 Å². The summed E-state index contributed by atoms with van der Waals surface area (Å²) in [4.78, 5) is 34.3. The van der Waals surface area contributed by atoms with Gasteiger partial charge in [0.1, 0.15) is 0 Å². The molecule has 0 aromatic heterocycles. The highest BCUT2D eigenvalue weighted by Crippen LogP contribution is 2.21. The van der Waals surface area contributed by atoms with E-state index in [2.05, 4.69) is 5.32 Å². The Labute approximate surface area is 144 Å². The number of aryl methyl sites for hydroxylation is 3. The first-order valence-electron chi connectivity index (χ1n) is 7.57. The molecule has 0 bridgehead atoms. The van der Waals surface area contributed by atoms with E-state index in [1.165, 1.54) is 18.2 Å². The average molecular weight is 342 g/mol. The second-order valence-corrected chi connectivity index (χ2v) is 5.70. The fraction of sp³-hybridized carbons (Fsp3) is 0.222. The lowest BCUT2D eigenvalue weighted by atomic mass is 10.1. The minimum atomic E-state index is -0.591. The number of carbonyl (C=O) groups is 2. The van der Waals surface area contributed by atoms with Gasteiger partial charge in [0.25, 0.3) is 11.6 Å². The predicted octanol–water partition coefficient (Wildman–Crippen LogP) is 3.32. The van der Waals surface area contributed by atoms with Crippen LogP contribution in [0, 0.1) is 30.9 Å². The number of nitro groups is 1. The molecule has 0 fully saturated rings. The molecule has 0 unspecified atom stereocenters. The van der Waals surface area contributed by atoms with Crippen LogP contribution in [0.1, 0.15) is 27.0 Å². The first-order chi connectivity index (χ1) is 11.8. The molecule has 0 saturated heterocycles. The summed E-state index contributed by atoms with van der Waals surface area (Å²) in [5, 5.41) is 13.3. The molecule has 25 heavy (non-hydrogen) atoms. The van der Waals surface area contributed by atoms with Crippen molar-refractivity contribution >= 4 is 23.3 Å². The van der Waals surface area contributed by atoms with Crippen LogP contribution in [-0.4, -0.2) is 23.4 Å². The average Bonchev–Trinajstić information content (AvgIpc) is 2.56. The van der Waals surface area contributed by atoms with Crippen molar-refractivity contribution in [2.45, 2.75) is 20.8 Å². The molecule has 0 spiro atoms. The quantitative estimate of drug-likeness (QED) is 0.510. The fourth-order valence-corrected chi connectivity index (χ4v) is 2.21. The van der Waals surface area contributed by atoms with Gasteiger partial charge in [0.15, 0.2) is 6.61 Å². The molecule has 7 nitrogen and oxygen atoms in total. The highest BCUT2D eigenvalue weighted by Gasteiger charge is 2.15. The van der Waals surface area contributed by atoms with E-state index in [1.54, 1.807) is 26.0 Å². The molecule has 130 valence electrons. The maximum absolute atomic E-state index is 12.1. The third-order valence-corrected chi connectivity index (χ3v) is 3.65. The number of rotatable bonds is 5. The standard InChI is InChI=1S/C18H18N2O5/c1-11-4-5-12(2)15(8-11)18(22)25-10-17(21)19-16-9-14(20(23)24)7-6-13(16)3/h4-9H,10H2,1-3H3,(H,19,21). The molecular formula is C18H18N2O5. The van der Waals surface area contributed by atoms with Gasteiger partial charge in [-0.2, -0.15) is 0 Å². The number of nitrogens with one attached hydrogen (secondary N) is 1. The van der Waals surface area contributed by atoms with E-state index in [-0.39, 0.29) is 5.69 Å². The van der Waals surface area contributed by atoms with E-state index in [0.29, 0.717) is 16.8 Å². The van der Waals surface area contributed by atoms with Crippen LogP contribution < -0.4 is 5.32 Å². The molecule has 7 heteroatoms. The van der Waals surface area contributed by atoms with Crippen molar-refractivity contribution in [2.24, 2.45) is 0 Å². The van der Waals surface area contributed by atoms with Gasteiger partial charge in [0, 0.05) is 12.1 Å². The molecule has 0 radical (unpaired) electrons. The Balaban J connectivity index is 2.01. The number of amides is 1. The lowest BCUT2D eigenvalue weighted by Gasteiger charge is -2.10. The molecule has 2 aromatic carbocycles. The SMILES string of the molecule is Cc1ccc(C)c(C(=O)OCC(=O)Nc2cc([N+](=O)[O-])ccc2C)c1. The normalized spacial score (nSPS) is 10.2. The van der Waals surface area contributed by atoms with Crippen molar-refractivity contribution < 1.29 is 19.2 Å².